The summed E-state index contributed by atoms with van der Waals surface area (Å²) in [5.74, 6) is 1.20. The zero-order chi connectivity index (χ0) is 11.8. The maximum atomic E-state index is 11.5. The third-order valence-electron chi connectivity index (χ3n) is 1.83. The molecule has 0 saturated carbocycles. The molecule has 0 spiro atoms. The average molecular weight is 304 g/mol. The molecule has 1 rings (SSSR count). The summed E-state index contributed by atoms with van der Waals surface area (Å²) in [7, 11) is 0. The highest BCUT2D eigenvalue weighted by molar-refractivity contribution is 9.10. The van der Waals surface area contributed by atoms with Gasteiger partial charge in [0.1, 0.15) is 0 Å². The number of anilines is 1. The number of amides is 1. The molecule has 0 unspecified atom stereocenters. The van der Waals surface area contributed by atoms with Gasteiger partial charge in [0.25, 0.3) is 0 Å². The van der Waals surface area contributed by atoms with Gasteiger partial charge in [0, 0.05) is 11.1 Å². The van der Waals surface area contributed by atoms with Crippen LogP contribution in [-0.4, -0.2) is 29.1 Å². The van der Waals surface area contributed by atoms with Crippen LogP contribution in [0.2, 0.25) is 0 Å². The van der Waals surface area contributed by atoms with E-state index in [9.17, 15) is 4.79 Å². The number of para-hydroxylation sites is 1. The summed E-state index contributed by atoms with van der Waals surface area (Å²) in [5.41, 5.74) is 0.787. The topological polar surface area (TPSA) is 49.3 Å². The standard InChI is InChI=1S/C11H14BrNO2S/c12-9-4-1-2-5-10(9)13-11(15)8-16-7-3-6-14/h1-2,4-5,14H,3,6-8H2,(H,13,15). The smallest absolute Gasteiger partial charge is 0.234 e. The van der Waals surface area contributed by atoms with E-state index in [1.54, 1.807) is 0 Å². The van der Waals surface area contributed by atoms with Gasteiger partial charge < -0.3 is 10.4 Å². The van der Waals surface area contributed by atoms with Gasteiger partial charge >= 0.3 is 0 Å². The molecule has 1 amide bonds. The summed E-state index contributed by atoms with van der Waals surface area (Å²) in [6, 6.07) is 7.50. The number of benzene rings is 1. The minimum Gasteiger partial charge on any atom is -0.396 e. The van der Waals surface area contributed by atoms with E-state index in [2.05, 4.69) is 21.2 Å². The normalized spacial score (nSPS) is 10.1. The molecule has 0 aromatic heterocycles. The van der Waals surface area contributed by atoms with Crippen molar-refractivity contribution in [2.24, 2.45) is 0 Å². The van der Waals surface area contributed by atoms with Crippen LogP contribution in [0.4, 0.5) is 5.69 Å². The lowest BCUT2D eigenvalue weighted by Gasteiger charge is -2.06. The minimum absolute atomic E-state index is 0.0187. The van der Waals surface area contributed by atoms with E-state index in [0.717, 1.165) is 22.3 Å². The first-order valence-electron chi connectivity index (χ1n) is 4.97. The second-order valence-electron chi connectivity index (χ2n) is 3.16. The molecule has 0 aliphatic rings. The lowest BCUT2D eigenvalue weighted by molar-refractivity contribution is -0.113. The van der Waals surface area contributed by atoms with Crippen LogP contribution in [0.1, 0.15) is 6.42 Å². The number of carbonyl (C=O) groups is 1. The molecule has 0 radical (unpaired) electrons. The molecule has 3 nitrogen and oxygen atoms in total. The van der Waals surface area contributed by atoms with Crippen LogP contribution in [0, 0.1) is 0 Å². The molecule has 2 N–H and O–H groups in total. The molecular formula is C11H14BrNO2S. The van der Waals surface area contributed by atoms with Crippen LogP contribution >= 0.6 is 27.7 Å². The summed E-state index contributed by atoms with van der Waals surface area (Å²) in [6.07, 6.45) is 0.729. The Hall–Kier alpha value is -0.520. The lowest BCUT2D eigenvalue weighted by Crippen LogP contribution is -2.14. The van der Waals surface area contributed by atoms with Crippen LogP contribution in [0.5, 0.6) is 0 Å². The maximum Gasteiger partial charge on any atom is 0.234 e. The molecule has 0 aliphatic carbocycles. The second-order valence-corrected chi connectivity index (χ2v) is 5.12. The molecule has 0 atom stereocenters. The molecule has 0 saturated heterocycles. The molecular weight excluding hydrogens is 290 g/mol. The Bertz CT molecular complexity index is 347. The highest BCUT2D eigenvalue weighted by Crippen LogP contribution is 2.21. The number of halogens is 1. The van der Waals surface area contributed by atoms with Crippen LogP contribution in [0.25, 0.3) is 0 Å². The molecule has 0 heterocycles. The van der Waals surface area contributed by atoms with Crippen LogP contribution < -0.4 is 5.32 Å². The first-order valence-corrected chi connectivity index (χ1v) is 6.92. The van der Waals surface area contributed by atoms with E-state index in [4.69, 9.17) is 5.11 Å². The fraction of sp³-hybridized carbons (Fsp3) is 0.364. The Kier molecular flexibility index (Phi) is 6.52. The summed E-state index contributed by atoms with van der Waals surface area (Å²) >= 11 is 4.89. The molecule has 88 valence electrons. The minimum atomic E-state index is -0.0187. The zero-order valence-corrected chi connectivity index (χ0v) is 11.2. The highest BCUT2D eigenvalue weighted by Gasteiger charge is 2.04. The predicted octanol–water partition coefficient (Wildman–Crippen LogP) is 2.50. The van der Waals surface area contributed by atoms with Crippen molar-refractivity contribution < 1.29 is 9.90 Å². The van der Waals surface area contributed by atoms with Crippen molar-refractivity contribution in [1.29, 1.82) is 0 Å². The lowest BCUT2D eigenvalue weighted by atomic mass is 10.3. The summed E-state index contributed by atoms with van der Waals surface area (Å²) in [6.45, 7) is 0.179. The van der Waals surface area contributed by atoms with Crippen molar-refractivity contribution in [2.75, 3.05) is 23.4 Å². The molecule has 1 aromatic carbocycles. The van der Waals surface area contributed by atoms with Crippen LogP contribution in [-0.2, 0) is 4.79 Å². The van der Waals surface area contributed by atoms with Gasteiger partial charge in [-0.3, -0.25) is 4.79 Å². The van der Waals surface area contributed by atoms with E-state index in [1.807, 2.05) is 24.3 Å². The number of carbonyl (C=O) groups excluding carboxylic acids is 1. The zero-order valence-electron chi connectivity index (χ0n) is 8.78. The predicted molar refractivity (Wildman–Crippen MR) is 71.8 cm³/mol. The van der Waals surface area contributed by atoms with Gasteiger partial charge in [-0.15, -0.1) is 0 Å². The fourth-order valence-corrected chi connectivity index (χ4v) is 2.20. The molecule has 0 aliphatic heterocycles. The van der Waals surface area contributed by atoms with Gasteiger partial charge in [0.05, 0.1) is 11.4 Å². The molecule has 16 heavy (non-hydrogen) atoms. The Labute approximate surface area is 108 Å². The van der Waals surface area contributed by atoms with E-state index in [0.29, 0.717) is 5.75 Å². The van der Waals surface area contributed by atoms with Crippen molar-refractivity contribution in [3.8, 4) is 0 Å². The average Bonchev–Trinajstić information content (AvgIpc) is 2.28. The molecule has 1 aromatic rings. The summed E-state index contributed by atoms with van der Waals surface area (Å²) in [5, 5.41) is 11.4. The number of thioether (sulfide) groups is 1. The Morgan fingerprint density at radius 1 is 1.44 bits per heavy atom. The first kappa shape index (κ1) is 13.5. The second kappa shape index (κ2) is 7.70. The monoisotopic (exact) mass is 303 g/mol. The van der Waals surface area contributed by atoms with Gasteiger partial charge in [-0.1, -0.05) is 12.1 Å². The highest BCUT2D eigenvalue weighted by atomic mass is 79.9. The Morgan fingerprint density at radius 3 is 2.88 bits per heavy atom. The fourth-order valence-electron chi connectivity index (χ4n) is 1.08. The number of hydrogen-bond donors (Lipinski definition) is 2. The third kappa shape index (κ3) is 5.01. The Morgan fingerprint density at radius 2 is 2.19 bits per heavy atom. The van der Waals surface area contributed by atoms with Gasteiger partial charge in [-0.2, -0.15) is 11.8 Å². The van der Waals surface area contributed by atoms with Gasteiger partial charge in [0.2, 0.25) is 5.91 Å². The van der Waals surface area contributed by atoms with E-state index < -0.39 is 0 Å². The van der Waals surface area contributed by atoms with Gasteiger partial charge in [0.15, 0.2) is 0 Å². The van der Waals surface area contributed by atoms with E-state index in [1.165, 1.54) is 11.8 Å². The Balaban J connectivity index is 2.32. The largest absolute Gasteiger partial charge is 0.396 e. The van der Waals surface area contributed by atoms with E-state index in [-0.39, 0.29) is 12.5 Å². The van der Waals surface area contributed by atoms with Crippen molar-refractivity contribution >= 4 is 39.3 Å². The molecule has 0 fully saturated rings. The molecule has 5 heteroatoms. The number of hydrogen-bond acceptors (Lipinski definition) is 3. The molecule has 0 bridgehead atoms. The van der Waals surface area contributed by atoms with Crippen molar-refractivity contribution in [1.82, 2.24) is 0 Å². The van der Waals surface area contributed by atoms with Crippen LogP contribution in [0.15, 0.2) is 28.7 Å². The van der Waals surface area contributed by atoms with E-state index >= 15 is 0 Å². The van der Waals surface area contributed by atoms with Gasteiger partial charge in [-0.25, -0.2) is 0 Å². The number of rotatable bonds is 6. The maximum absolute atomic E-state index is 11.5. The van der Waals surface area contributed by atoms with Gasteiger partial charge in [-0.05, 0) is 40.2 Å². The van der Waals surface area contributed by atoms with Crippen molar-refractivity contribution in [3.05, 3.63) is 28.7 Å². The SMILES string of the molecule is O=C(CSCCCO)Nc1ccccc1Br. The summed E-state index contributed by atoms with van der Waals surface area (Å²) < 4.78 is 0.878. The number of aliphatic hydroxyl groups is 1. The van der Waals surface area contributed by atoms with Crippen molar-refractivity contribution in [2.45, 2.75) is 6.42 Å². The first-order chi connectivity index (χ1) is 7.74. The number of nitrogens with one attached hydrogen (secondary N) is 1. The van der Waals surface area contributed by atoms with Crippen molar-refractivity contribution in [3.63, 3.8) is 0 Å². The number of aliphatic hydroxyl groups excluding tert-OH is 1. The van der Waals surface area contributed by atoms with Crippen LogP contribution in [0.3, 0.4) is 0 Å². The summed E-state index contributed by atoms with van der Waals surface area (Å²) in [4.78, 5) is 11.5. The quantitative estimate of drug-likeness (QED) is 0.794. The third-order valence-corrected chi connectivity index (χ3v) is 3.56.